The lowest BCUT2D eigenvalue weighted by atomic mass is 10.1. The molecule has 2 aromatic heterocycles. The van der Waals surface area contributed by atoms with Gasteiger partial charge in [-0.15, -0.1) is 0 Å². The minimum Gasteiger partial charge on any atom is -0.368 e. The largest absolute Gasteiger partial charge is 0.368 e. The first kappa shape index (κ1) is 16.4. The van der Waals surface area contributed by atoms with Gasteiger partial charge in [-0.3, -0.25) is 9.59 Å². The van der Waals surface area contributed by atoms with Crippen LogP contribution in [-0.4, -0.2) is 45.3 Å². The molecule has 0 aliphatic rings. The van der Waals surface area contributed by atoms with E-state index >= 15 is 0 Å². The number of nitrogens with one attached hydrogen (secondary N) is 2. The van der Waals surface area contributed by atoms with Gasteiger partial charge in [-0.2, -0.15) is 0 Å². The van der Waals surface area contributed by atoms with Crippen LogP contribution in [0.2, 0.25) is 0 Å². The van der Waals surface area contributed by atoms with Crippen molar-refractivity contribution in [2.45, 2.75) is 6.04 Å². The number of H-pyrrole nitrogens is 1. The molecule has 2 heterocycles. The smallest absolute Gasteiger partial charge is 0.244 e. The van der Waals surface area contributed by atoms with Crippen LogP contribution < -0.4 is 16.0 Å². The van der Waals surface area contributed by atoms with Crippen molar-refractivity contribution in [2.24, 2.45) is 5.73 Å². The molecule has 1 aromatic carbocycles. The zero-order chi connectivity index (χ0) is 17.8. The standard InChI is InChI=1S/C16H17N7O2/c1-23(16-13-15(19-8-18-13)20-9-21-16)7-11(24)22-12(14(17)25)10-5-3-2-4-6-10/h2-6,8-9,12H,7H2,1H3,(H2,17,25)(H,22,24)(H,18,19,20,21)/t12-/m1/s1. The number of hydrogen-bond acceptors (Lipinski definition) is 6. The summed E-state index contributed by atoms with van der Waals surface area (Å²) in [5.41, 5.74) is 7.19. The Bertz CT molecular complexity index is 894. The van der Waals surface area contributed by atoms with E-state index in [1.165, 1.54) is 12.7 Å². The monoisotopic (exact) mass is 339 g/mol. The Balaban J connectivity index is 1.73. The van der Waals surface area contributed by atoms with Crippen molar-refractivity contribution in [3.8, 4) is 0 Å². The van der Waals surface area contributed by atoms with Crippen molar-refractivity contribution in [1.29, 1.82) is 0 Å². The summed E-state index contributed by atoms with van der Waals surface area (Å²) >= 11 is 0. The highest BCUT2D eigenvalue weighted by atomic mass is 16.2. The van der Waals surface area contributed by atoms with Crippen molar-refractivity contribution >= 4 is 28.8 Å². The highest BCUT2D eigenvalue weighted by Crippen LogP contribution is 2.18. The van der Waals surface area contributed by atoms with Gasteiger partial charge in [0.25, 0.3) is 0 Å². The Morgan fingerprint density at radius 3 is 2.72 bits per heavy atom. The van der Waals surface area contributed by atoms with Gasteiger partial charge in [-0.25, -0.2) is 15.0 Å². The lowest BCUT2D eigenvalue weighted by Gasteiger charge is -2.20. The summed E-state index contributed by atoms with van der Waals surface area (Å²) in [5, 5.41) is 2.65. The molecule has 25 heavy (non-hydrogen) atoms. The summed E-state index contributed by atoms with van der Waals surface area (Å²) in [6.07, 6.45) is 2.89. The van der Waals surface area contributed by atoms with Crippen molar-refractivity contribution in [3.05, 3.63) is 48.5 Å². The molecule has 1 atom stereocenters. The molecule has 4 N–H and O–H groups in total. The van der Waals surface area contributed by atoms with Crippen LogP contribution in [0.1, 0.15) is 11.6 Å². The minimum atomic E-state index is -0.889. The normalized spacial score (nSPS) is 11.9. The van der Waals surface area contributed by atoms with E-state index in [1.807, 2.05) is 6.07 Å². The van der Waals surface area contributed by atoms with E-state index in [1.54, 1.807) is 36.2 Å². The number of amides is 2. The number of rotatable bonds is 6. The molecule has 2 amide bonds. The average molecular weight is 339 g/mol. The average Bonchev–Trinajstić information content (AvgIpc) is 3.08. The number of carbonyl (C=O) groups excluding carboxylic acids is 2. The number of aromatic nitrogens is 4. The third kappa shape index (κ3) is 3.55. The van der Waals surface area contributed by atoms with E-state index in [4.69, 9.17) is 5.73 Å². The number of likely N-dealkylation sites (N-methyl/N-ethyl adjacent to an activating group) is 1. The Labute approximate surface area is 143 Å². The molecule has 0 unspecified atom stereocenters. The first-order valence-corrected chi connectivity index (χ1v) is 7.55. The van der Waals surface area contributed by atoms with Crippen LogP contribution in [-0.2, 0) is 9.59 Å². The molecule has 9 nitrogen and oxygen atoms in total. The van der Waals surface area contributed by atoms with Crippen LogP contribution in [0.4, 0.5) is 5.82 Å². The zero-order valence-corrected chi connectivity index (χ0v) is 13.5. The summed E-state index contributed by atoms with van der Waals surface area (Å²) in [4.78, 5) is 40.9. The molecule has 3 rings (SSSR count). The van der Waals surface area contributed by atoms with E-state index in [9.17, 15) is 9.59 Å². The number of fused-ring (bicyclic) bond motifs is 1. The number of hydrogen-bond donors (Lipinski definition) is 3. The van der Waals surface area contributed by atoms with Crippen LogP contribution >= 0.6 is 0 Å². The highest BCUT2D eigenvalue weighted by molar-refractivity contribution is 5.91. The van der Waals surface area contributed by atoms with Gasteiger partial charge in [-0.1, -0.05) is 30.3 Å². The number of primary amides is 1. The van der Waals surface area contributed by atoms with Gasteiger partial charge in [0.1, 0.15) is 17.9 Å². The second kappa shape index (κ2) is 6.95. The molecule has 128 valence electrons. The highest BCUT2D eigenvalue weighted by Gasteiger charge is 2.21. The quantitative estimate of drug-likeness (QED) is 0.585. The van der Waals surface area contributed by atoms with Crippen LogP contribution in [0.5, 0.6) is 0 Å². The Kier molecular flexibility index (Phi) is 4.55. The Hall–Kier alpha value is -3.49. The molecular weight excluding hydrogens is 322 g/mol. The molecule has 0 saturated heterocycles. The first-order chi connectivity index (χ1) is 12.1. The maximum Gasteiger partial charge on any atom is 0.244 e. The third-order valence-electron chi connectivity index (χ3n) is 3.67. The topological polar surface area (TPSA) is 130 Å². The molecule has 0 fully saturated rings. The Morgan fingerprint density at radius 2 is 2.00 bits per heavy atom. The van der Waals surface area contributed by atoms with E-state index in [-0.39, 0.29) is 12.5 Å². The molecule has 0 bridgehead atoms. The lowest BCUT2D eigenvalue weighted by molar-refractivity contribution is -0.126. The van der Waals surface area contributed by atoms with Gasteiger partial charge in [-0.05, 0) is 5.56 Å². The van der Waals surface area contributed by atoms with Crippen molar-refractivity contribution in [3.63, 3.8) is 0 Å². The summed E-state index contributed by atoms with van der Waals surface area (Å²) in [5.74, 6) is -0.449. The number of carbonyl (C=O) groups is 2. The van der Waals surface area contributed by atoms with E-state index in [0.717, 1.165) is 0 Å². The molecular formula is C16H17N7O2. The second-order valence-corrected chi connectivity index (χ2v) is 5.47. The number of imidazole rings is 1. The van der Waals surface area contributed by atoms with Crippen LogP contribution in [0.15, 0.2) is 43.0 Å². The number of nitrogens with zero attached hydrogens (tertiary/aromatic N) is 4. The summed E-state index contributed by atoms with van der Waals surface area (Å²) in [7, 11) is 1.71. The third-order valence-corrected chi connectivity index (χ3v) is 3.67. The number of benzene rings is 1. The van der Waals surface area contributed by atoms with Gasteiger partial charge < -0.3 is 20.9 Å². The lowest BCUT2D eigenvalue weighted by Crippen LogP contribution is -2.42. The molecule has 0 radical (unpaired) electrons. The fourth-order valence-electron chi connectivity index (χ4n) is 2.50. The van der Waals surface area contributed by atoms with Gasteiger partial charge in [0, 0.05) is 7.05 Å². The SMILES string of the molecule is CN(CC(=O)N[C@@H](C(N)=O)c1ccccc1)c1ncnc2nc[nH]c12. The fourth-order valence-corrected chi connectivity index (χ4v) is 2.50. The molecule has 0 aliphatic carbocycles. The molecule has 3 aromatic rings. The molecule has 0 spiro atoms. The van der Waals surface area contributed by atoms with Gasteiger partial charge in [0.05, 0.1) is 12.9 Å². The first-order valence-electron chi connectivity index (χ1n) is 7.55. The van der Waals surface area contributed by atoms with Gasteiger partial charge in [0.15, 0.2) is 11.5 Å². The maximum absolute atomic E-state index is 12.4. The van der Waals surface area contributed by atoms with E-state index < -0.39 is 11.9 Å². The number of aromatic amines is 1. The predicted octanol–water partition coefficient (Wildman–Crippen LogP) is 0.132. The summed E-state index contributed by atoms with van der Waals surface area (Å²) in [6.45, 7) is -0.0122. The molecule has 9 heteroatoms. The van der Waals surface area contributed by atoms with E-state index in [2.05, 4.69) is 25.3 Å². The van der Waals surface area contributed by atoms with Gasteiger partial charge in [0.2, 0.25) is 11.8 Å². The summed E-state index contributed by atoms with van der Waals surface area (Å²) < 4.78 is 0. The van der Waals surface area contributed by atoms with Crippen LogP contribution in [0.25, 0.3) is 11.2 Å². The number of anilines is 1. The summed E-state index contributed by atoms with van der Waals surface area (Å²) in [6, 6.07) is 7.95. The minimum absolute atomic E-state index is 0.0122. The fraction of sp³-hybridized carbons (Fsp3) is 0.188. The maximum atomic E-state index is 12.4. The van der Waals surface area contributed by atoms with Crippen molar-refractivity contribution < 1.29 is 9.59 Å². The van der Waals surface area contributed by atoms with Crippen LogP contribution in [0, 0.1) is 0 Å². The van der Waals surface area contributed by atoms with Crippen molar-refractivity contribution in [1.82, 2.24) is 25.3 Å². The van der Waals surface area contributed by atoms with Crippen LogP contribution in [0.3, 0.4) is 0 Å². The number of nitrogens with two attached hydrogens (primary N) is 1. The zero-order valence-electron chi connectivity index (χ0n) is 13.5. The predicted molar refractivity (Wildman–Crippen MR) is 91.5 cm³/mol. The Morgan fingerprint density at radius 1 is 1.24 bits per heavy atom. The molecule has 0 aliphatic heterocycles. The second-order valence-electron chi connectivity index (χ2n) is 5.47. The van der Waals surface area contributed by atoms with Crippen molar-refractivity contribution in [2.75, 3.05) is 18.5 Å². The van der Waals surface area contributed by atoms with E-state index in [0.29, 0.717) is 22.5 Å². The van der Waals surface area contributed by atoms with Gasteiger partial charge >= 0.3 is 0 Å². The molecule has 0 saturated carbocycles.